The fourth-order valence-electron chi connectivity index (χ4n) is 1.58. The molecule has 3 atom stereocenters. The Morgan fingerprint density at radius 3 is 2.56 bits per heavy atom. The van der Waals surface area contributed by atoms with Crippen molar-refractivity contribution in [1.82, 2.24) is 0 Å². The van der Waals surface area contributed by atoms with E-state index in [9.17, 15) is 10.2 Å². The normalized spacial score (nSPS) is 16.8. The van der Waals surface area contributed by atoms with E-state index in [-0.39, 0.29) is 11.7 Å². The van der Waals surface area contributed by atoms with Crippen molar-refractivity contribution in [3.63, 3.8) is 0 Å². The molecule has 0 aromatic heterocycles. The minimum Gasteiger partial charge on any atom is -0.508 e. The molecule has 0 saturated carbocycles. The van der Waals surface area contributed by atoms with E-state index in [2.05, 4.69) is 15.9 Å². The van der Waals surface area contributed by atoms with Gasteiger partial charge < -0.3 is 15.9 Å². The SMILES string of the molecule is CCC(C)[C@@H](O)[C@@H](N)c1ccc(Br)cc1O. The number of nitrogens with two attached hydrogens (primary N) is 1. The standard InChI is InChI=1S/C12H18BrNO2/c1-3-7(2)12(16)11(14)9-5-4-8(13)6-10(9)15/h4-7,11-12,15-16H,3,14H2,1-2H3/t7?,11-,12+/m0/s1. The average molecular weight is 288 g/mol. The molecular formula is C12H18BrNO2. The molecule has 0 aliphatic heterocycles. The van der Waals surface area contributed by atoms with E-state index in [0.29, 0.717) is 5.56 Å². The summed E-state index contributed by atoms with van der Waals surface area (Å²) in [5, 5.41) is 19.7. The van der Waals surface area contributed by atoms with E-state index < -0.39 is 12.1 Å². The van der Waals surface area contributed by atoms with Crippen LogP contribution in [-0.2, 0) is 0 Å². The molecule has 1 rings (SSSR count). The lowest BCUT2D eigenvalue weighted by Gasteiger charge is -2.24. The summed E-state index contributed by atoms with van der Waals surface area (Å²) in [5.41, 5.74) is 6.52. The molecule has 4 heteroatoms. The lowest BCUT2D eigenvalue weighted by Crippen LogP contribution is -2.31. The van der Waals surface area contributed by atoms with Crippen molar-refractivity contribution >= 4 is 15.9 Å². The van der Waals surface area contributed by atoms with Gasteiger partial charge in [-0.2, -0.15) is 0 Å². The van der Waals surface area contributed by atoms with E-state index in [4.69, 9.17) is 5.73 Å². The van der Waals surface area contributed by atoms with Gasteiger partial charge in [-0.05, 0) is 18.1 Å². The Hall–Kier alpha value is -0.580. The van der Waals surface area contributed by atoms with E-state index >= 15 is 0 Å². The van der Waals surface area contributed by atoms with E-state index in [1.165, 1.54) is 0 Å². The molecule has 0 spiro atoms. The molecule has 0 fully saturated rings. The van der Waals surface area contributed by atoms with Gasteiger partial charge in [-0.25, -0.2) is 0 Å². The topological polar surface area (TPSA) is 66.5 Å². The molecule has 3 nitrogen and oxygen atoms in total. The first-order valence-electron chi connectivity index (χ1n) is 5.39. The van der Waals surface area contributed by atoms with Crippen LogP contribution in [0.25, 0.3) is 0 Å². The average Bonchev–Trinajstić information content (AvgIpc) is 2.26. The van der Waals surface area contributed by atoms with Crippen molar-refractivity contribution in [1.29, 1.82) is 0 Å². The van der Waals surface area contributed by atoms with Crippen LogP contribution >= 0.6 is 15.9 Å². The first-order valence-corrected chi connectivity index (χ1v) is 6.18. The van der Waals surface area contributed by atoms with Crippen molar-refractivity contribution < 1.29 is 10.2 Å². The molecule has 0 heterocycles. The van der Waals surface area contributed by atoms with Crippen molar-refractivity contribution in [2.24, 2.45) is 11.7 Å². The lowest BCUT2D eigenvalue weighted by molar-refractivity contribution is 0.0871. The third-order valence-corrected chi connectivity index (χ3v) is 3.44. The molecule has 90 valence electrons. The number of halogens is 1. The molecule has 1 aromatic carbocycles. The molecule has 0 saturated heterocycles. The Kier molecular flexibility index (Phi) is 4.77. The highest BCUT2D eigenvalue weighted by Crippen LogP contribution is 2.30. The van der Waals surface area contributed by atoms with E-state index in [0.717, 1.165) is 10.9 Å². The summed E-state index contributed by atoms with van der Waals surface area (Å²) < 4.78 is 0.791. The van der Waals surface area contributed by atoms with Gasteiger partial charge in [0.15, 0.2) is 0 Å². The molecular weight excluding hydrogens is 270 g/mol. The fraction of sp³-hybridized carbons (Fsp3) is 0.500. The summed E-state index contributed by atoms with van der Waals surface area (Å²) >= 11 is 3.26. The zero-order valence-corrected chi connectivity index (χ0v) is 11.1. The second-order valence-electron chi connectivity index (χ2n) is 4.11. The number of rotatable bonds is 4. The number of aromatic hydroxyl groups is 1. The highest BCUT2D eigenvalue weighted by molar-refractivity contribution is 9.10. The number of benzene rings is 1. The van der Waals surface area contributed by atoms with Crippen molar-refractivity contribution in [2.45, 2.75) is 32.4 Å². The minimum atomic E-state index is -0.642. The Bertz CT molecular complexity index is 357. The molecule has 0 aliphatic rings. The predicted octanol–water partition coefficient (Wildman–Crippen LogP) is 2.56. The zero-order valence-electron chi connectivity index (χ0n) is 9.52. The van der Waals surface area contributed by atoms with E-state index in [1.54, 1.807) is 18.2 Å². The van der Waals surface area contributed by atoms with Gasteiger partial charge >= 0.3 is 0 Å². The number of phenolic OH excluding ortho intramolecular Hbond substituents is 1. The number of aliphatic hydroxyl groups is 1. The lowest BCUT2D eigenvalue weighted by atomic mass is 9.91. The number of aliphatic hydroxyl groups excluding tert-OH is 1. The van der Waals surface area contributed by atoms with Crippen LogP contribution < -0.4 is 5.73 Å². The van der Waals surface area contributed by atoms with Crippen LogP contribution in [-0.4, -0.2) is 16.3 Å². The second-order valence-corrected chi connectivity index (χ2v) is 5.02. The predicted molar refractivity (Wildman–Crippen MR) is 68.2 cm³/mol. The summed E-state index contributed by atoms with van der Waals surface area (Å²) in [6, 6.07) is 4.56. The third-order valence-electron chi connectivity index (χ3n) is 2.95. The van der Waals surface area contributed by atoms with Crippen LogP contribution in [0, 0.1) is 5.92 Å². The maximum atomic E-state index is 9.99. The Morgan fingerprint density at radius 1 is 1.44 bits per heavy atom. The summed E-state index contributed by atoms with van der Waals surface area (Å²) in [5.74, 6) is 0.224. The van der Waals surface area contributed by atoms with Gasteiger partial charge in [-0.1, -0.05) is 42.3 Å². The van der Waals surface area contributed by atoms with Crippen molar-refractivity contribution in [3.05, 3.63) is 28.2 Å². The van der Waals surface area contributed by atoms with Crippen LogP contribution in [0.4, 0.5) is 0 Å². The molecule has 0 amide bonds. The van der Waals surface area contributed by atoms with Gasteiger partial charge in [0.1, 0.15) is 5.75 Å². The summed E-state index contributed by atoms with van der Waals surface area (Å²) in [7, 11) is 0. The third kappa shape index (κ3) is 2.97. The van der Waals surface area contributed by atoms with Crippen LogP contribution in [0.5, 0.6) is 5.75 Å². The van der Waals surface area contributed by atoms with Gasteiger partial charge in [-0.15, -0.1) is 0 Å². The van der Waals surface area contributed by atoms with Crippen LogP contribution in [0.15, 0.2) is 22.7 Å². The highest BCUT2D eigenvalue weighted by atomic mass is 79.9. The molecule has 0 bridgehead atoms. The van der Waals surface area contributed by atoms with Crippen LogP contribution in [0.2, 0.25) is 0 Å². The number of hydrogen-bond acceptors (Lipinski definition) is 3. The monoisotopic (exact) mass is 287 g/mol. The number of phenols is 1. The molecule has 1 aromatic rings. The first-order chi connectivity index (χ1) is 7.47. The maximum absolute atomic E-state index is 9.99. The fourth-order valence-corrected chi connectivity index (χ4v) is 1.93. The van der Waals surface area contributed by atoms with Crippen LogP contribution in [0.1, 0.15) is 31.9 Å². The van der Waals surface area contributed by atoms with Crippen LogP contribution in [0.3, 0.4) is 0 Å². The highest BCUT2D eigenvalue weighted by Gasteiger charge is 2.23. The largest absolute Gasteiger partial charge is 0.508 e. The van der Waals surface area contributed by atoms with Crippen molar-refractivity contribution in [2.75, 3.05) is 0 Å². The smallest absolute Gasteiger partial charge is 0.121 e. The summed E-state index contributed by atoms with van der Waals surface area (Å²) in [6.45, 7) is 3.95. The zero-order chi connectivity index (χ0) is 12.3. The first kappa shape index (κ1) is 13.5. The number of hydrogen-bond donors (Lipinski definition) is 3. The van der Waals surface area contributed by atoms with Gasteiger partial charge in [0, 0.05) is 10.0 Å². The van der Waals surface area contributed by atoms with Gasteiger partial charge in [0.25, 0.3) is 0 Å². The summed E-state index contributed by atoms with van der Waals surface area (Å²) in [4.78, 5) is 0. The molecule has 16 heavy (non-hydrogen) atoms. The molecule has 1 unspecified atom stereocenters. The molecule has 0 radical (unpaired) electrons. The maximum Gasteiger partial charge on any atom is 0.121 e. The molecule has 4 N–H and O–H groups in total. The van der Waals surface area contributed by atoms with Crippen molar-refractivity contribution in [3.8, 4) is 5.75 Å². The Labute approximate surface area is 104 Å². The van der Waals surface area contributed by atoms with Gasteiger partial charge in [-0.3, -0.25) is 0 Å². The Morgan fingerprint density at radius 2 is 2.06 bits per heavy atom. The second kappa shape index (κ2) is 5.66. The molecule has 0 aliphatic carbocycles. The van der Waals surface area contributed by atoms with Gasteiger partial charge in [0.2, 0.25) is 0 Å². The van der Waals surface area contributed by atoms with E-state index in [1.807, 2.05) is 13.8 Å². The summed E-state index contributed by atoms with van der Waals surface area (Å²) in [6.07, 6.45) is 0.212. The Balaban J connectivity index is 2.91. The minimum absolute atomic E-state index is 0.109. The van der Waals surface area contributed by atoms with Gasteiger partial charge in [0.05, 0.1) is 12.1 Å². The quantitative estimate of drug-likeness (QED) is 0.797.